The number of thiazole rings is 1. The van der Waals surface area contributed by atoms with Crippen LogP contribution >= 0.6 is 11.3 Å². The first-order valence-electron chi connectivity index (χ1n) is 5.95. The molecule has 0 aliphatic rings. The van der Waals surface area contributed by atoms with Gasteiger partial charge in [-0.25, -0.2) is 4.98 Å². The molecule has 0 radical (unpaired) electrons. The fraction of sp³-hybridized carbons (Fsp3) is 0.308. The van der Waals surface area contributed by atoms with Crippen LogP contribution < -0.4 is 10.6 Å². The van der Waals surface area contributed by atoms with E-state index in [2.05, 4.69) is 15.6 Å². The normalized spacial score (nSPS) is 10.7. The third-order valence-electron chi connectivity index (χ3n) is 2.46. The summed E-state index contributed by atoms with van der Waals surface area (Å²) in [5.74, 6) is -0.245. The number of carbonyl (C=O) groups is 2. The zero-order valence-corrected chi connectivity index (χ0v) is 11.8. The van der Waals surface area contributed by atoms with Gasteiger partial charge in [-0.15, -0.1) is 0 Å². The number of rotatable bonds is 3. The number of anilines is 2. The Kier molecular flexibility index (Phi) is 3.80. The number of nitrogens with one attached hydrogen (secondary N) is 2. The highest BCUT2D eigenvalue weighted by Crippen LogP contribution is 2.28. The average Bonchev–Trinajstić information content (AvgIpc) is 2.69. The van der Waals surface area contributed by atoms with Crippen LogP contribution in [-0.2, 0) is 9.59 Å². The minimum atomic E-state index is -0.146. The quantitative estimate of drug-likeness (QED) is 0.906. The fourth-order valence-corrected chi connectivity index (χ4v) is 2.39. The van der Waals surface area contributed by atoms with Crippen LogP contribution in [0.15, 0.2) is 18.2 Å². The molecule has 0 unspecified atom stereocenters. The monoisotopic (exact) mass is 277 g/mol. The SMILES string of the molecule is CC(=O)Nc1nc2cc(NC(=O)C(C)C)ccc2s1. The Morgan fingerprint density at radius 1 is 1.26 bits per heavy atom. The largest absolute Gasteiger partial charge is 0.326 e. The Bertz CT molecular complexity index is 634. The van der Waals surface area contributed by atoms with Crippen molar-refractivity contribution in [3.05, 3.63) is 18.2 Å². The van der Waals surface area contributed by atoms with Gasteiger partial charge >= 0.3 is 0 Å². The molecule has 2 aromatic rings. The zero-order valence-electron chi connectivity index (χ0n) is 11.0. The van der Waals surface area contributed by atoms with Gasteiger partial charge in [-0.05, 0) is 18.2 Å². The molecular formula is C13H15N3O2S. The molecule has 1 aromatic heterocycles. The van der Waals surface area contributed by atoms with Crippen LogP contribution in [0, 0.1) is 5.92 Å². The molecular weight excluding hydrogens is 262 g/mol. The molecule has 0 spiro atoms. The van der Waals surface area contributed by atoms with Gasteiger partial charge in [-0.2, -0.15) is 0 Å². The second-order valence-corrected chi connectivity index (χ2v) is 5.56. The molecule has 2 rings (SSSR count). The number of hydrogen-bond acceptors (Lipinski definition) is 4. The third-order valence-corrected chi connectivity index (χ3v) is 3.41. The Morgan fingerprint density at radius 3 is 2.63 bits per heavy atom. The first-order chi connectivity index (χ1) is 8.95. The van der Waals surface area contributed by atoms with E-state index in [0.717, 1.165) is 10.2 Å². The van der Waals surface area contributed by atoms with Crippen molar-refractivity contribution in [2.45, 2.75) is 20.8 Å². The summed E-state index contributed by atoms with van der Waals surface area (Å²) < 4.78 is 0.964. The summed E-state index contributed by atoms with van der Waals surface area (Å²) in [7, 11) is 0. The lowest BCUT2D eigenvalue weighted by Crippen LogP contribution is -2.17. The second-order valence-electron chi connectivity index (χ2n) is 4.53. The van der Waals surface area contributed by atoms with Crippen LogP contribution in [0.2, 0.25) is 0 Å². The van der Waals surface area contributed by atoms with E-state index in [9.17, 15) is 9.59 Å². The lowest BCUT2D eigenvalue weighted by molar-refractivity contribution is -0.119. The minimum Gasteiger partial charge on any atom is -0.326 e. The van der Waals surface area contributed by atoms with E-state index >= 15 is 0 Å². The number of amides is 2. The van der Waals surface area contributed by atoms with E-state index in [1.165, 1.54) is 18.3 Å². The van der Waals surface area contributed by atoms with E-state index < -0.39 is 0 Å². The average molecular weight is 277 g/mol. The summed E-state index contributed by atoms with van der Waals surface area (Å²) in [6, 6.07) is 5.52. The molecule has 2 N–H and O–H groups in total. The molecule has 0 fully saturated rings. The Balaban J connectivity index is 2.25. The van der Waals surface area contributed by atoms with Crippen molar-refractivity contribution in [3.8, 4) is 0 Å². The summed E-state index contributed by atoms with van der Waals surface area (Å²) in [6.07, 6.45) is 0. The van der Waals surface area contributed by atoms with Gasteiger partial charge in [0.2, 0.25) is 11.8 Å². The predicted molar refractivity (Wildman–Crippen MR) is 77.4 cm³/mol. The first kappa shape index (κ1) is 13.5. The van der Waals surface area contributed by atoms with Gasteiger partial charge in [0, 0.05) is 18.5 Å². The van der Waals surface area contributed by atoms with Crippen LogP contribution in [-0.4, -0.2) is 16.8 Å². The fourth-order valence-electron chi connectivity index (χ4n) is 1.50. The molecule has 19 heavy (non-hydrogen) atoms. The molecule has 6 heteroatoms. The maximum atomic E-state index is 11.6. The van der Waals surface area contributed by atoms with E-state index in [0.29, 0.717) is 10.8 Å². The Morgan fingerprint density at radius 2 is 2.00 bits per heavy atom. The molecule has 2 amide bonds. The summed E-state index contributed by atoms with van der Waals surface area (Å²) in [4.78, 5) is 26.9. The Hall–Kier alpha value is -1.95. The van der Waals surface area contributed by atoms with Crippen molar-refractivity contribution in [2.75, 3.05) is 10.6 Å². The minimum absolute atomic E-state index is 0.0309. The number of nitrogens with zero attached hydrogens (tertiary/aromatic N) is 1. The van der Waals surface area contributed by atoms with Crippen molar-refractivity contribution < 1.29 is 9.59 Å². The summed E-state index contributed by atoms with van der Waals surface area (Å²) >= 11 is 1.40. The first-order valence-corrected chi connectivity index (χ1v) is 6.76. The van der Waals surface area contributed by atoms with E-state index in [1.54, 1.807) is 6.07 Å². The third kappa shape index (κ3) is 3.29. The van der Waals surface area contributed by atoms with E-state index in [4.69, 9.17) is 0 Å². The number of hydrogen-bond donors (Lipinski definition) is 2. The highest BCUT2D eigenvalue weighted by Gasteiger charge is 2.09. The van der Waals surface area contributed by atoms with Gasteiger partial charge in [0.05, 0.1) is 10.2 Å². The van der Waals surface area contributed by atoms with Crippen LogP contribution in [0.3, 0.4) is 0 Å². The molecule has 0 atom stereocenters. The highest BCUT2D eigenvalue weighted by atomic mass is 32.1. The summed E-state index contributed by atoms with van der Waals surface area (Å²) in [5.41, 5.74) is 1.47. The molecule has 0 aliphatic heterocycles. The maximum Gasteiger partial charge on any atom is 0.226 e. The lowest BCUT2D eigenvalue weighted by atomic mass is 10.2. The zero-order chi connectivity index (χ0) is 14.0. The summed E-state index contributed by atoms with van der Waals surface area (Å²) in [5, 5.41) is 6.04. The molecule has 1 aromatic carbocycles. The van der Waals surface area contributed by atoms with Gasteiger partial charge in [0.25, 0.3) is 0 Å². The lowest BCUT2D eigenvalue weighted by Gasteiger charge is -2.06. The highest BCUT2D eigenvalue weighted by molar-refractivity contribution is 7.22. The molecule has 1 heterocycles. The smallest absolute Gasteiger partial charge is 0.226 e. The van der Waals surface area contributed by atoms with Gasteiger partial charge in [0.15, 0.2) is 5.13 Å². The van der Waals surface area contributed by atoms with Gasteiger partial charge < -0.3 is 10.6 Å². The number of fused-ring (bicyclic) bond motifs is 1. The Labute approximate surface area is 115 Å². The van der Waals surface area contributed by atoms with Crippen LogP contribution in [0.25, 0.3) is 10.2 Å². The molecule has 0 saturated heterocycles. The standard InChI is InChI=1S/C13H15N3O2S/c1-7(2)12(18)15-9-4-5-11-10(6-9)16-13(19-11)14-8(3)17/h4-7H,1-3H3,(H,15,18)(H,14,16,17). The van der Waals surface area contributed by atoms with Crippen molar-refractivity contribution in [2.24, 2.45) is 5.92 Å². The molecule has 0 saturated carbocycles. The number of benzene rings is 1. The van der Waals surface area contributed by atoms with Crippen molar-refractivity contribution in [1.82, 2.24) is 4.98 Å². The van der Waals surface area contributed by atoms with Gasteiger partial charge in [-0.1, -0.05) is 25.2 Å². The molecule has 5 nitrogen and oxygen atoms in total. The molecule has 100 valence electrons. The number of aromatic nitrogens is 1. The van der Waals surface area contributed by atoms with E-state index in [1.807, 2.05) is 26.0 Å². The topological polar surface area (TPSA) is 71.1 Å². The van der Waals surface area contributed by atoms with E-state index in [-0.39, 0.29) is 17.7 Å². The van der Waals surface area contributed by atoms with Crippen LogP contribution in [0.1, 0.15) is 20.8 Å². The van der Waals surface area contributed by atoms with Gasteiger partial charge in [0.1, 0.15) is 0 Å². The predicted octanol–water partition coefficient (Wildman–Crippen LogP) is 2.85. The second kappa shape index (κ2) is 5.36. The number of carbonyl (C=O) groups excluding carboxylic acids is 2. The molecule has 0 bridgehead atoms. The van der Waals surface area contributed by atoms with Crippen LogP contribution in [0.4, 0.5) is 10.8 Å². The van der Waals surface area contributed by atoms with Gasteiger partial charge in [-0.3, -0.25) is 9.59 Å². The summed E-state index contributed by atoms with van der Waals surface area (Å²) in [6.45, 7) is 5.12. The van der Waals surface area contributed by atoms with Crippen molar-refractivity contribution in [3.63, 3.8) is 0 Å². The van der Waals surface area contributed by atoms with Crippen LogP contribution in [0.5, 0.6) is 0 Å². The van der Waals surface area contributed by atoms with Crippen molar-refractivity contribution >= 4 is 44.2 Å². The molecule has 0 aliphatic carbocycles. The maximum absolute atomic E-state index is 11.6. The van der Waals surface area contributed by atoms with Crippen molar-refractivity contribution in [1.29, 1.82) is 0 Å².